The number of rotatable bonds is 5. The fraction of sp³-hybridized carbons (Fsp3) is 0.533. The first kappa shape index (κ1) is 17.6. The van der Waals surface area contributed by atoms with Crippen molar-refractivity contribution in [2.75, 3.05) is 0 Å². The van der Waals surface area contributed by atoms with Crippen molar-refractivity contribution in [1.29, 1.82) is 0 Å². The quantitative estimate of drug-likeness (QED) is 0.614. The molecule has 0 aliphatic heterocycles. The van der Waals surface area contributed by atoms with E-state index in [4.69, 9.17) is 10.5 Å². The minimum absolute atomic E-state index is 0.127. The zero-order chi connectivity index (χ0) is 15.2. The normalized spacial score (nSPS) is 15.6. The van der Waals surface area contributed by atoms with E-state index in [1.54, 1.807) is 40.7 Å². The number of allylic oxidation sites excluding steroid dienone is 4. The average Bonchev–Trinajstić information content (AvgIpc) is 2.26. The number of hydrogen-bond donors (Lipinski definition) is 1. The molecule has 0 saturated carbocycles. The summed E-state index contributed by atoms with van der Waals surface area (Å²) in [5.41, 5.74) is 6.24. The van der Waals surface area contributed by atoms with Crippen LogP contribution in [0.5, 0.6) is 0 Å². The molecular weight excluding hydrogens is 245 g/mol. The molecule has 3 nitrogen and oxygen atoms in total. The molecule has 0 rings (SSSR count). The van der Waals surface area contributed by atoms with Crippen molar-refractivity contribution < 1.29 is 13.9 Å². The predicted octanol–water partition coefficient (Wildman–Crippen LogP) is 3.42. The van der Waals surface area contributed by atoms with Gasteiger partial charge in [-0.15, -0.1) is 0 Å². The number of ether oxygens (including phenoxy) is 1. The number of halogens is 1. The highest BCUT2D eigenvalue weighted by molar-refractivity contribution is 5.76. The van der Waals surface area contributed by atoms with Crippen LogP contribution in [0.4, 0.5) is 4.39 Å². The Bertz CT molecular complexity index is 403. The van der Waals surface area contributed by atoms with Crippen molar-refractivity contribution in [1.82, 2.24) is 0 Å². The highest BCUT2D eigenvalue weighted by atomic mass is 19.1. The van der Waals surface area contributed by atoms with Crippen molar-refractivity contribution in [2.45, 2.75) is 52.7 Å². The highest BCUT2D eigenvalue weighted by Gasteiger charge is 2.22. The lowest BCUT2D eigenvalue weighted by atomic mass is 10.1. The van der Waals surface area contributed by atoms with Gasteiger partial charge in [-0.2, -0.15) is 0 Å². The van der Waals surface area contributed by atoms with Crippen LogP contribution in [0.1, 0.15) is 41.0 Å². The SMILES string of the molecule is C=C/C(C)=C\C(F)=C(\C)C[C@H](N)C(=O)OC(C)(C)C. The molecule has 1 atom stereocenters. The Morgan fingerprint density at radius 1 is 1.42 bits per heavy atom. The summed E-state index contributed by atoms with van der Waals surface area (Å²) in [7, 11) is 0. The van der Waals surface area contributed by atoms with Gasteiger partial charge in [0.25, 0.3) is 0 Å². The van der Waals surface area contributed by atoms with Crippen molar-refractivity contribution in [3.05, 3.63) is 35.7 Å². The Kier molecular flexibility index (Phi) is 6.70. The van der Waals surface area contributed by atoms with Crippen molar-refractivity contribution >= 4 is 5.97 Å². The van der Waals surface area contributed by atoms with Gasteiger partial charge in [0, 0.05) is 0 Å². The second-order valence-corrected chi connectivity index (χ2v) is 5.56. The molecular formula is C15H24FNO2. The maximum atomic E-state index is 13.7. The molecule has 0 aromatic heterocycles. The molecule has 0 amide bonds. The number of hydrogen-bond acceptors (Lipinski definition) is 3. The van der Waals surface area contributed by atoms with E-state index in [1.807, 2.05) is 0 Å². The van der Waals surface area contributed by atoms with E-state index in [2.05, 4.69) is 6.58 Å². The lowest BCUT2D eigenvalue weighted by Gasteiger charge is -2.22. The second kappa shape index (κ2) is 7.24. The zero-order valence-corrected chi connectivity index (χ0v) is 12.4. The van der Waals surface area contributed by atoms with Gasteiger partial charge in [0.2, 0.25) is 0 Å². The van der Waals surface area contributed by atoms with Gasteiger partial charge in [-0.05, 0) is 58.3 Å². The molecule has 19 heavy (non-hydrogen) atoms. The van der Waals surface area contributed by atoms with Crippen LogP contribution in [0, 0.1) is 0 Å². The largest absolute Gasteiger partial charge is 0.459 e. The van der Waals surface area contributed by atoms with E-state index < -0.39 is 23.4 Å². The Balaban J connectivity index is 4.72. The lowest BCUT2D eigenvalue weighted by molar-refractivity contribution is -0.156. The molecule has 0 aliphatic carbocycles. The smallest absolute Gasteiger partial charge is 0.323 e. The zero-order valence-electron chi connectivity index (χ0n) is 12.4. The molecule has 0 bridgehead atoms. The third-order valence-electron chi connectivity index (χ3n) is 2.32. The molecule has 0 saturated heterocycles. The van der Waals surface area contributed by atoms with Crippen LogP contribution in [0.25, 0.3) is 0 Å². The van der Waals surface area contributed by atoms with E-state index in [9.17, 15) is 9.18 Å². The molecule has 2 N–H and O–H groups in total. The topological polar surface area (TPSA) is 52.3 Å². The third kappa shape index (κ3) is 7.57. The van der Waals surface area contributed by atoms with Crippen LogP contribution < -0.4 is 5.73 Å². The fourth-order valence-corrected chi connectivity index (χ4v) is 1.27. The van der Waals surface area contributed by atoms with Gasteiger partial charge in [-0.25, -0.2) is 4.39 Å². The summed E-state index contributed by atoms with van der Waals surface area (Å²) in [5, 5.41) is 0. The standard InChI is InChI=1S/C15H24FNO2/c1-7-10(2)8-12(16)11(3)9-13(17)14(18)19-15(4,5)6/h7-8,13H,1,9,17H2,2-6H3/b10-8-,12-11+/t13-/m0/s1. The summed E-state index contributed by atoms with van der Waals surface area (Å²) in [6, 6.07) is -0.859. The van der Waals surface area contributed by atoms with Gasteiger partial charge in [-0.1, -0.05) is 12.7 Å². The molecule has 0 aromatic carbocycles. The Hall–Kier alpha value is -1.42. The molecule has 0 unspecified atom stereocenters. The molecule has 4 heteroatoms. The second-order valence-electron chi connectivity index (χ2n) is 5.56. The summed E-state index contributed by atoms with van der Waals surface area (Å²) in [4.78, 5) is 11.7. The predicted molar refractivity (Wildman–Crippen MR) is 76.2 cm³/mol. The van der Waals surface area contributed by atoms with Gasteiger partial charge in [-0.3, -0.25) is 4.79 Å². The van der Waals surface area contributed by atoms with E-state index >= 15 is 0 Å². The van der Waals surface area contributed by atoms with Gasteiger partial charge in [0.1, 0.15) is 17.5 Å². The van der Waals surface area contributed by atoms with Gasteiger partial charge < -0.3 is 10.5 Å². The maximum Gasteiger partial charge on any atom is 0.323 e. The Morgan fingerprint density at radius 2 is 1.95 bits per heavy atom. The first-order chi connectivity index (χ1) is 8.56. The molecule has 0 aromatic rings. The van der Waals surface area contributed by atoms with Crippen molar-refractivity contribution in [3.8, 4) is 0 Å². The molecule has 0 fully saturated rings. The summed E-state index contributed by atoms with van der Waals surface area (Å²) < 4.78 is 18.9. The molecule has 0 heterocycles. The Labute approximate surface area is 115 Å². The molecule has 0 spiro atoms. The molecule has 0 radical (unpaired) electrons. The van der Waals surface area contributed by atoms with Crippen LogP contribution in [0.3, 0.4) is 0 Å². The highest BCUT2D eigenvalue weighted by Crippen LogP contribution is 2.17. The number of carbonyl (C=O) groups is 1. The lowest BCUT2D eigenvalue weighted by Crippen LogP contribution is -2.37. The van der Waals surface area contributed by atoms with Crippen LogP contribution in [0.2, 0.25) is 0 Å². The molecule has 108 valence electrons. The minimum atomic E-state index is -0.859. The summed E-state index contributed by atoms with van der Waals surface area (Å²) in [5.74, 6) is -0.916. The van der Waals surface area contributed by atoms with E-state index in [-0.39, 0.29) is 6.42 Å². The first-order valence-electron chi connectivity index (χ1n) is 6.21. The van der Waals surface area contributed by atoms with Gasteiger partial charge in [0.05, 0.1) is 0 Å². The Morgan fingerprint density at radius 3 is 2.37 bits per heavy atom. The number of esters is 1. The van der Waals surface area contributed by atoms with Crippen LogP contribution >= 0.6 is 0 Å². The third-order valence-corrected chi connectivity index (χ3v) is 2.32. The van der Waals surface area contributed by atoms with Crippen LogP contribution in [-0.4, -0.2) is 17.6 Å². The fourth-order valence-electron chi connectivity index (χ4n) is 1.27. The van der Waals surface area contributed by atoms with E-state index in [1.165, 1.54) is 6.08 Å². The van der Waals surface area contributed by atoms with E-state index in [0.29, 0.717) is 11.1 Å². The van der Waals surface area contributed by atoms with Crippen molar-refractivity contribution in [2.24, 2.45) is 5.73 Å². The van der Waals surface area contributed by atoms with Gasteiger partial charge >= 0.3 is 5.97 Å². The first-order valence-corrected chi connectivity index (χ1v) is 6.21. The number of carbonyl (C=O) groups excluding carboxylic acids is 1. The molecule has 0 aliphatic rings. The monoisotopic (exact) mass is 269 g/mol. The minimum Gasteiger partial charge on any atom is -0.459 e. The summed E-state index contributed by atoms with van der Waals surface area (Å²) in [6.07, 6.45) is 3.05. The van der Waals surface area contributed by atoms with Crippen LogP contribution in [0.15, 0.2) is 35.7 Å². The van der Waals surface area contributed by atoms with Crippen LogP contribution in [-0.2, 0) is 9.53 Å². The average molecular weight is 269 g/mol. The van der Waals surface area contributed by atoms with Crippen molar-refractivity contribution in [3.63, 3.8) is 0 Å². The van der Waals surface area contributed by atoms with E-state index in [0.717, 1.165) is 0 Å². The number of nitrogens with two attached hydrogens (primary N) is 1. The maximum absolute atomic E-state index is 13.7. The van der Waals surface area contributed by atoms with Gasteiger partial charge in [0.15, 0.2) is 0 Å². The summed E-state index contributed by atoms with van der Waals surface area (Å²) in [6.45, 7) is 12.2. The summed E-state index contributed by atoms with van der Waals surface area (Å²) >= 11 is 0.